The molecule has 1 N–H and O–H groups in total. The van der Waals surface area contributed by atoms with Gasteiger partial charge in [0.2, 0.25) is 0 Å². The van der Waals surface area contributed by atoms with E-state index in [1.807, 2.05) is 6.92 Å². The Hall–Kier alpha value is -3.15. The minimum atomic E-state index is -0.482. The third-order valence-corrected chi connectivity index (χ3v) is 3.67. The normalized spacial score (nSPS) is 13.0. The molecular weight excluding hydrogens is 323 g/mol. The van der Waals surface area contributed by atoms with Crippen LogP contribution in [0.1, 0.15) is 17.3 Å². The number of anilines is 2. The van der Waals surface area contributed by atoms with E-state index >= 15 is 0 Å². The second-order valence-electron chi connectivity index (χ2n) is 5.87. The van der Waals surface area contributed by atoms with Crippen molar-refractivity contribution in [1.82, 2.24) is 0 Å². The second-order valence-corrected chi connectivity index (χ2v) is 5.87. The molecule has 128 valence electrons. The summed E-state index contributed by atoms with van der Waals surface area (Å²) in [5, 5.41) is 2.70. The molecule has 2 amide bonds. The molecule has 0 fully saturated rings. The first-order valence-electron chi connectivity index (χ1n) is 7.72. The van der Waals surface area contributed by atoms with E-state index in [4.69, 9.17) is 4.74 Å². The smallest absolute Gasteiger partial charge is 0.265 e. The van der Waals surface area contributed by atoms with Crippen LogP contribution in [0.15, 0.2) is 54.6 Å². The average molecular weight is 340 g/mol. The van der Waals surface area contributed by atoms with Gasteiger partial charge in [-0.2, -0.15) is 0 Å². The number of rotatable bonds is 4. The third-order valence-electron chi connectivity index (χ3n) is 3.67. The number of fused-ring (bicyclic) bond motifs is 1. The minimum absolute atomic E-state index is 0.0325. The molecule has 1 heterocycles. The first kappa shape index (κ1) is 16.7. The average Bonchev–Trinajstić information content (AvgIpc) is 2.57. The van der Waals surface area contributed by atoms with E-state index in [1.54, 1.807) is 23.1 Å². The van der Waals surface area contributed by atoms with Gasteiger partial charge < -0.3 is 15.0 Å². The Bertz CT molecular complexity index is 863. The zero-order chi connectivity index (χ0) is 18.0. The number of halogens is 1. The third kappa shape index (κ3) is 3.68. The summed E-state index contributed by atoms with van der Waals surface area (Å²) in [6.45, 7) is 6.01. The standard InChI is InChI=1S/C19H17FN2O3/c1-12(2)10-22-16-9-15(6-7-17(16)25-11-18(22)23)21-19(24)13-4-3-5-14(20)8-13/h3-9H,1,10-11H2,2H3,(H,21,24). The molecule has 0 aliphatic carbocycles. The number of hydrogen-bond acceptors (Lipinski definition) is 3. The van der Waals surface area contributed by atoms with Crippen LogP contribution in [0.3, 0.4) is 0 Å². The lowest BCUT2D eigenvalue weighted by Crippen LogP contribution is -2.39. The Kier molecular flexibility index (Phi) is 4.52. The lowest BCUT2D eigenvalue weighted by atomic mass is 10.1. The Morgan fingerprint density at radius 1 is 1.32 bits per heavy atom. The van der Waals surface area contributed by atoms with E-state index in [0.717, 1.165) is 11.6 Å². The number of hydrogen-bond donors (Lipinski definition) is 1. The van der Waals surface area contributed by atoms with Crippen molar-refractivity contribution in [3.8, 4) is 5.75 Å². The van der Waals surface area contributed by atoms with Crippen molar-refractivity contribution in [3.63, 3.8) is 0 Å². The highest BCUT2D eigenvalue weighted by Crippen LogP contribution is 2.35. The lowest BCUT2D eigenvalue weighted by Gasteiger charge is -2.30. The van der Waals surface area contributed by atoms with Crippen LogP contribution in [0, 0.1) is 5.82 Å². The van der Waals surface area contributed by atoms with Gasteiger partial charge >= 0.3 is 0 Å². The van der Waals surface area contributed by atoms with Crippen molar-refractivity contribution >= 4 is 23.2 Å². The molecule has 0 bridgehead atoms. The van der Waals surface area contributed by atoms with Crippen LogP contribution in [0.5, 0.6) is 5.75 Å². The molecule has 0 aromatic heterocycles. The van der Waals surface area contributed by atoms with Gasteiger partial charge in [-0.25, -0.2) is 4.39 Å². The van der Waals surface area contributed by atoms with Gasteiger partial charge in [-0.15, -0.1) is 0 Å². The van der Waals surface area contributed by atoms with Crippen LogP contribution >= 0.6 is 0 Å². The number of carbonyl (C=O) groups is 2. The Balaban J connectivity index is 1.87. The van der Waals surface area contributed by atoms with Crippen molar-refractivity contribution < 1.29 is 18.7 Å². The van der Waals surface area contributed by atoms with E-state index in [0.29, 0.717) is 23.7 Å². The summed E-state index contributed by atoms with van der Waals surface area (Å²) >= 11 is 0. The van der Waals surface area contributed by atoms with Crippen LogP contribution in [-0.2, 0) is 4.79 Å². The molecule has 6 heteroatoms. The number of benzene rings is 2. The first-order valence-corrected chi connectivity index (χ1v) is 7.72. The highest BCUT2D eigenvalue weighted by atomic mass is 19.1. The molecule has 0 atom stereocenters. The van der Waals surface area contributed by atoms with Crippen LogP contribution in [0.4, 0.5) is 15.8 Å². The van der Waals surface area contributed by atoms with Crippen molar-refractivity contribution in [2.45, 2.75) is 6.92 Å². The molecule has 0 saturated heterocycles. The number of carbonyl (C=O) groups excluding carboxylic acids is 2. The molecular formula is C19H17FN2O3. The Morgan fingerprint density at radius 3 is 2.84 bits per heavy atom. The first-order chi connectivity index (χ1) is 11.9. The molecule has 5 nitrogen and oxygen atoms in total. The quantitative estimate of drug-likeness (QED) is 0.868. The topological polar surface area (TPSA) is 58.6 Å². The summed E-state index contributed by atoms with van der Waals surface area (Å²) in [5.41, 5.74) is 2.09. The molecule has 1 aliphatic heterocycles. The van der Waals surface area contributed by atoms with E-state index in [-0.39, 0.29) is 18.1 Å². The summed E-state index contributed by atoms with van der Waals surface area (Å²) in [7, 11) is 0. The second kappa shape index (κ2) is 6.76. The van der Waals surface area contributed by atoms with E-state index in [2.05, 4.69) is 11.9 Å². The van der Waals surface area contributed by atoms with Gasteiger partial charge in [0, 0.05) is 17.8 Å². The van der Waals surface area contributed by atoms with Gasteiger partial charge in [0.1, 0.15) is 11.6 Å². The lowest BCUT2D eigenvalue weighted by molar-refractivity contribution is -0.121. The zero-order valence-electron chi connectivity index (χ0n) is 13.7. The fourth-order valence-corrected chi connectivity index (χ4v) is 2.56. The van der Waals surface area contributed by atoms with E-state index < -0.39 is 11.7 Å². The fraction of sp³-hybridized carbons (Fsp3) is 0.158. The molecule has 2 aromatic carbocycles. The number of nitrogens with one attached hydrogen (secondary N) is 1. The predicted molar refractivity (Wildman–Crippen MR) is 93.5 cm³/mol. The van der Waals surface area contributed by atoms with Gasteiger partial charge in [0.15, 0.2) is 6.61 Å². The van der Waals surface area contributed by atoms with Crippen LogP contribution in [-0.4, -0.2) is 25.0 Å². The SMILES string of the molecule is C=C(C)CN1C(=O)COc2ccc(NC(=O)c3cccc(F)c3)cc21. The van der Waals surface area contributed by atoms with Crippen molar-refractivity contribution in [2.75, 3.05) is 23.4 Å². The fourth-order valence-electron chi connectivity index (χ4n) is 2.56. The van der Waals surface area contributed by atoms with Gasteiger partial charge in [0.25, 0.3) is 11.8 Å². The Morgan fingerprint density at radius 2 is 2.12 bits per heavy atom. The van der Waals surface area contributed by atoms with E-state index in [1.165, 1.54) is 18.2 Å². The zero-order valence-corrected chi connectivity index (χ0v) is 13.7. The Labute approximate surface area is 144 Å². The van der Waals surface area contributed by atoms with E-state index in [9.17, 15) is 14.0 Å². The van der Waals surface area contributed by atoms with Gasteiger partial charge in [-0.05, 0) is 43.3 Å². The van der Waals surface area contributed by atoms with Crippen LogP contribution < -0.4 is 15.0 Å². The van der Waals surface area contributed by atoms with Crippen molar-refractivity contribution in [2.24, 2.45) is 0 Å². The summed E-state index contributed by atoms with van der Waals surface area (Å²) in [5.74, 6) is -0.535. The molecule has 1 aliphatic rings. The predicted octanol–water partition coefficient (Wildman–Crippen LogP) is 3.38. The monoisotopic (exact) mass is 340 g/mol. The number of nitrogens with zero attached hydrogens (tertiary/aromatic N) is 1. The maximum absolute atomic E-state index is 13.3. The largest absolute Gasteiger partial charge is 0.482 e. The molecule has 3 rings (SSSR count). The number of ether oxygens (including phenoxy) is 1. The van der Waals surface area contributed by atoms with Gasteiger partial charge in [0.05, 0.1) is 5.69 Å². The van der Waals surface area contributed by atoms with Crippen LogP contribution in [0.25, 0.3) is 0 Å². The molecule has 0 unspecified atom stereocenters. The summed E-state index contributed by atoms with van der Waals surface area (Å²) in [6.07, 6.45) is 0. The molecule has 0 saturated carbocycles. The minimum Gasteiger partial charge on any atom is -0.482 e. The summed E-state index contributed by atoms with van der Waals surface area (Å²) in [4.78, 5) is 25.9. The highest BCUT2D eigenvalue weighted by molar-refractivity contribution is 6.05. The molecule has 25 heavy (non-hydrogen) atoms. The summed E-state index contributed by atoms with van der Waals surface area (Å²) < 4.78 is 18.7. The highest BCUT2D eigenvalue weighted by Gasteiger charge is 2.26. The van der Waals surface area contributed by atoms with Crippen LogP contribution in [0.2, 0.25) is 0 Å². The van der Waals surface area contributed by atoms with Crippen molar-refractivity contribution in [1.29, 1.82) is 0 Å². The molecule has 2 aromatic rings. The van der Waals surface area contributed by atoms with Gasteiger partial charge in [-0.1, -0.05) is 18.2 Å². The van der Waals surface area contributed by atoms with Crippen molar-refractivity contribution in [3.05, 3.63) is 66.0 Å². The maximum Gasteiger partial charge on any atom is 0.265 e. The summed E-state index contributed by atoms with van der Waals surface area (Å²) in [6, 6.07) is 10.4. The maximum atomic E-state index is 13.3. The molecule has 0 radical (unpaired) electrons. The molecule has 0 spiro atoms. The number of amides is 2. The van der Waals surface area contributed by atoms with Gasteiger partial charge in [-0.3, -0.25) is 9.59 Å².